The summed E-state index contributed by atoms with van der Waals surface area (Å²) in [5.74, 6) is 0. The summed E-state index contributed by atoms with van der Waals surface area (Å²) in [6, 6.07) is 9.31. The Labute approximate surface area is 116 Å². The zero-order valence-corrected chi connectivity index (χ0v) is 12.2. The molecule has 0 saturated heterocycles. The summed E-state index contributed by atoms with van der Waals surface area (Å²) in [5, 5.41) is 3.55. The quantitative estimate of drug-likeness (QED) is 0.782. The molecular formula is C16H25NO2. The van der Waals surface area contributed by atoms with Gasteiger partial charge in [0.15, 0.2) is 0 Å². The second kappa shape index (κ2) is 7.04. The zero-order chi connectivity index (χ0) is 13.7. The number of ether oxygens (including phenoxy) is 2. The lowest BCUT2D eigenvalue weighted by Gasteiger charge is -2.23. The van der Waals surface area contributed by atoms with Crippen molar-refractivity contribution in [3.63, 3.8) is 0 Å². The van der Waals surface area contributed by atoms with E-state index in [0.29, 0.717) is 12.6 Å². The molecular weight excluding hydrogens is 238 g/mol. The summed E-state index contributed by atoms with van der Waals surface area (Å²) >= 11 is 0. The van der Waals surface area contributed by atoms with Crippen LogP contribution >= 0.6 is 0 Å². The molecule has 19 heavy (non-hydrogen) atoms. The Morgan fingerprint density at radius 1 is 1.26 bits per heavy atom. The van der Waals surface area contributed by atoms with Gasteiger partial charge in [-0.15, -0.1) is 0 Å². The van der Waals surface area contributed by atoms with Gasteiger partial charge in [0.2, 0.25) is 0 Å². The minimum Gasteiger partial charge on any atom is -0.382 e. The molecule has 0 bridgehead atoms. The Morgan fingerprint density at radius 2 is 1.95 bits per heavy atom. The van der Waals surface area contributed by atoms with Gasteiger partial charge in [-0.25, -0.2) is 0 Å². The monoisotopic (exact) mass is 263 g/mol. The first kappa shape index (κ1) is 14.5. The van der Waals surface area contributed by atoms with Crippen LogP contribution in [-0.2, 0) is 9.47 Å². The predicted molar refractivity (Wildman–Crippen MR) is 77.4 cm³/mol. The Bertz CT molecular complexity index is 373. The fourth-order valence-electron chi connectivity index (χ4n) is 2.14. The molecule has 0 spiro atoms. The van der Waals surface area contributed by atoms with E-state index in [-0.39, 0.29) is 12.2 Å². The van der Waals surface area contributed by atoms with E-state index in [9.17, 15) is 0 Å². The number of nitrogens with one attached hydrogen (secondary N) is 1. The number of rotatable bonds is 8. The Hall–Kier alpha value is -0.900. The van der Waals surface area contributed by atoms with Gasteiger partial charge in [0.1, 0.15) is 0 Å². The summed E-state index contributed by atoms with van der Waals surface area (Å²) in [4.78, 5) is 0. The molecule has 1 saturated carbocycles. The average Bonchev–Trinajstić information content (AvgIpc) is 3.20. The first-order chi connectivity index (χ1) is 9.19. The maximum atomic E-state index is 6.11. The fraction of sp³-hybridized carbons (Fsp3) is 0.625. The van der Waals surface area contributed by atoms with Gasteiger partial charge in [-0.3, -0.25) is 0 Å². The maximum Gasteiger partial charge on any atom is 0.0954 e. The standard InChI is InChI=1S/C16H25NO2/c1-12-4-6-14(7-5-12)16(10-17-15-8-9-15)19-13(2)11-18-3/h4-7,13,15-17H,8-11H2,1-3H3. The van der Waals surface area contributed by atoms with Crippen LogP contribution in [0.25, 0.3) is 0 Å². The van der Waals surface area contributed by atoms with Gasteiger partial charge in [0.05, 0.1) is 18.8 Å². The van der Waals surface area contributed by atoms with Gasteiger partial charge < -0.3 is 14.8 Å². The average molecular weight is 263 g/mol. The minimum atomic E-state index is 0.103. The predicted octanol–water partition coefficient (Wildman–Crippen LogP) is 2.84. The van der Waals surface area contributed by atoms with E-state index in [1.165, 1.54) is 24.0 Å². The van der Waals surface area contributed by atoms with Gasteiger partial charge in [0.25, 0.3) is 0 Å². The third kappa shape index (κ3) is 4.94. The molecule has 106 valence electrons. The van der Waals surface area contributed by atoms with Crippen molar-refractivity contribution in [1.29, 1.82) is 0 Å². The van der Waals surface area contributed by atoms with E-state index in [2.05, 4.69) is 43.4 Å². The normalized spacial score (nSPS) is 18.3. The first-order valence-electron chi connectivity index (χ1n) is 7.13. The molecule has 2 unspecified atom stereocenters. The van der Waals surface area contributed by atoms with Gasteiger partial charge in [0, 0.05) is 19.7 Å². The topological polar surface area (TPSA) is 30.5 Å². The van der Waals surface area contributed by atoms with E-state index in [1.54, 1.807) is 7.11 Å². The molecule has 3 heteroatoms. The van der Waals surface area contributed by atoms with Crippen LogP contribution in [0.1, 0.15) is 37.0 Å². The van der Waals surface area contributed by atoms with Gasteiger partial charge in [-0.1, -0.05) is 29.8 Å². The highest BCUT2D eigenvalue weighted by molar-refractivity contribution is 5.23. The molecule has 0 radical (unpaired) electrons. The third-order valence-electron chi connectivity index (χ3n) is 3.42. The highest BCUT2D eigenvalue weighted by Crippen LogP contribution is 2.23. The molecule has 2 atom stereocenters. The SMILES string of the molecule is COCC(C)OC(CNC1CC1)c1ccc(C)cc1. The van der Waals surface area contributed by atoms with Crippen molar-refractivity contribution < 1.29 is 9.47 Å². The Balaban J connectivity index is 1.96. The lowest BCUT2D eigenvalue weighted by atomic mass is 10.1. The molecule has 1 aliphatic carbocycles. The van der Waals surface area contributed by atoms with Crippen molar-refractivity contribution in [1.82, 2.24) is 5.32 Å². The van der Waals surface area contributed by atoms with E-state index >= 15 is 0 Å². The van der Waals surface area contributed by atoms with Gasteiger partial charge in [-0.05, 0) is 32.3 Å². The van der Waals surface area contributed by atoms with Crippen LogP contribution in [-0.4, -0.2) is 32.4 Å². The van der Waals surface area contributed by atoms with Crippen LogP contribution in [0.15, 0.2) is 24.3 Å². The van der Waals surface area contributed by atoms with Crippen molar-refractivity contribution in [2.24, 2.45) is 0 Å². The second-order valence-electron chi connectivity index (χ2n) is 5.48. The molecule has 1 aromatic carbocycles. The second-order valence-corrected chi connectivity index (χ2v) is 5.48. The summed E-state index contributed by atoms with van der Waals surface area (Å²) in [5.41, 5.74) is 2.52. The number of methoxy groups -OCH3 is 1. The molecule has 2 rings (SSSR count). The van der Waals surface area contributed by atoms with Crippen molar-refractivity contribution >= 4 is 0 Å². The van der Waals surface area contributed by atoms with Crippen molar-refractivity contribution in [3.8, 4) is 0 Å². The molecule has 1 aliphatic rings. The third-order valence-corrected chi connectivity index (χ3v) is 3.42. The van der Waals surface area contributed by atoms with Gasteiger partial charge in [-0.2, -0.15) is 0 Å². The number of hydrogen-bond acceptors (Lipinski definition) is 3. The van der Waals surface area contributed by atoms with E-state index in [0.717, 1.165) is 6.54 Å². The molecule has 0 aromatic heterocycles. The molecule has 0 heterocycles. The maximum absolute atomic E-state index is 6.11. The largest absolute Gasteiger partial charge is 0.382 e. The zero-order valence-electron chi connectivity index (χ0n) is 12.2. The minimum absolute atomic E-state index is 0.103. The lowest BCUT2D eigenvalue weighted by Crippen LogP contribution is -2.28. The summed E-state index contributed by atoms with van der Waals surface area (Å²) in [7, 11) is 1.71. The van der Waals surface area contributed by atoms with E-state index < -0.39 is 0 Å². The van der Waals surface area contributed by atoms with Crippen molar-refractivity contribution in [2.45, 2.75) is 44.9 Å². The number of hydrogen-bond donors (Lipinski definition) is 1. The fourth-order valence-corrected chi connectivity index (χ4v) is 2.14. The van der Waals surface area contributed by atoms with Crippen molar-refractivity contribution in [2.75, 3.05) is 20.3 Å². The highest BCUT2D eigenvalue weighted by atomic mass is 16.5. The smallest absolute Gasteiger partial charge is 0.0954 e. The van der Waals surface area contributed by atoms with Crippen molar-refractivity contribution in [3.05, 3.63) is 35.4 Å². The Morgan fingerprint density at radius 3 is 2.53 bits per heavy atom. The number of aryl methyl sites for hydroxylation is 1. The molecule has 1 fully saturated rings. The molecule has 0 aliphatic heterocycles. The van der Waals surface area contributed by atoms with E-state index in [4.69, 9.17) is 9.47 Å². The Kier molecular flexibility index (Phi) is 5.37. The van der Waals surface area contributed by atoms with Crippen LogP contribution in [0.2, 0.25) is 0 Å². The summed E-state index contributed by atoms with van der Waals surface area (Å²) in [6.07, 6.45) is 2.81. The van der Waals surface area contributed by atoms with E-state index in [1.807, 2.05) is 0 Å². The molecule has 0 amide bonds. The van der Waals surface area contributed by atoms with Crippen LogP contribution in [0, 0.1) is 6.92 Å². The first-order valence-corrected chi connectivity index (χ1v) is 7.13. The summed E-state index contributed by atoms with van der Waals surface area (Å²) < 4.78 is 11.3. The molecule has 3 nitrogen and oxygen atoms in total. The highest BCUT2D eigenvalue weighted by Gasteiger charge is 2.23. The van der Waals surface area contributed by atoms with Crippen LogP contribution in [0.3, 0.4) is 0 Å². The summed E-state index contributed by atoms with van der Waals surface area (Å²) in [6.45, 7) is 5.67. The van der Waals surface area contributed by atoms with Crippen LogP contribution < -0.4 is 5.32 Å². The molecule has 1 N–H and O–H groups in total. The molecule has 1 aromatic rings. The number of benzene rings is 1. The van der Waals surface area contributed by atoms with Crippen LogP contribution in [0.4, 0.5) is 0 Å². The van der Waals surface area contributed by atoms with Gasteiger partial charge >= 0.3 is 0 Å². The lowest BCUT2D eigenvalue weighted by molar-refractivity contribution is -0.0394. The van der Waals surface area contributed by atoms with Crippen LogP contribution in [0.5, 0.6) is 0 Å².